The molecule has 0 spiro atoms. The molecule has 1 heterocycles. The van der Waals surface area contributed by atoms with E-state index in [1.165, 1.54) is 37.7 Å². The standard InChI is InChI=1S/C25H27N5/c26-16-22-18-28-25(27-17-20-11-5-2-6-12-20)30-24(22)29-23-14-8-7-13-21(23)15-19-9-3-1-4-10-19/h1,3-4,7-10,13-14,18,20H,2,5-6,11-12,15,17H2,(H2,27,28,29,30). The van der Waals surface area contributed by atoms with Gasteiger partial charge in [-0.1, -0.05) is 67.8 Å². The number of para-hydroxylation sites is 1. The second-order valence-electron chi connectivity index (χ2n) is 7.90. The van der Waals surface area contributed by atoms with Gasteiger partial charge < -0.3 is 10.6 Å². The summed E-state index contributed by atoms with van der Waals surface area (Å²) in [5.41, 5.74) is 3.79. The average molecular weight is 398 g/mol. The third-order valence-corrected chi connectivity index (χ3v) is 5.69. The first-order valence-corrected chi connectivity index (χ1v) is 10.7. The van der Waals surface area contributed by atoms with Crippen LogP contribution in [-0.2, 0) is 6.42 Å². The van der Waals surface area contributed by atoms with Crippen molar-refractivity contribution in [2.24, 2.45) is 5.92 Å². The van der Waals surface area contributed by atoms with Gasteiger partial charge in [-0.05, 0) is 42.4 Å². The van der Waals surface area contributed by atoms with Gasteiger partial charge in [0.1, 0.15) is 11.6 Å². The lowest BCUT2D eigenvalue weighted by atomic mass is 9.89. The van der Waals surface area contributed by atoms with Gasteiger partial charge in [0.25, 0.3) is 0 Å². The maximum absolute atomic E-state index is 9.54. The van der Waals surface area contributed by atoms with Crippen LogP contribution in [0.15, 0.2) is 60.8 Å². The molecule has 1 saturated carbocycles. The molecule has 2 N–H and O–H groups in total. The lowest BCUT2D eigenvalue weighted by Crippen LogP contribution is -2.18. The highest BCUT2D eigenvalue weighted by Crippen LogP contribution is 2.26. The highest BCUT2D eigenvalue weighted by atomic mass is 15.1. The third kappa shape index (κ3) is 5.15. The fraction of sp³-hybridized carbons (Fsp3) is 0.320. The van der Waals surface area contributed by atoms with Gasteiger partial charge in [-0.2, -0.15) is 10.2 Å². The van der Waals surface area contributed by atoms with Crippen molar-refractivity contribution >= 4 is 17.5 Å². The summed E-state index contributed by atoms with van der Waals surface area (Å²) in [6.45, 7) is 0.885. The van der Waals surface area contributed by atoms with Crippen LogP contribution in [0.5, 0.6) is 0 Å². The zero-order valence-electron chi connectivity index (χ0n) is 17.1. The number of nitrogens with one attached hydrogen (secondary N) is 2. The SMILES string of the molecule is N#Cc1cnc(NCC2CCCCC2)nc1Nc1ccccc1Cc1ccccc1. The highest BCUT2D eigenvalue weighted by molar-refractivity contribution is 5.66. The van der Waals surface area contributed by atoms with Crippen LogP contribution >= 0.6 is 0 Å². The topological polar surface area (TPSA) is 73.6 Å². The van der Waals surface area contributed by atoms with Crippen molar-refractivity contribution in [3.8, 4) is 6.07 Å². The Morgan fingerprint density at radius 1 is 0.967 bits per heavy atom. The monoisotopic (exact) mass is 397 g/mol. The van der Waals surface area contributed by atoms with Crippen LogP contribution < -0.4 is 10.6 Å². The molecule has 0 aliphatic heterocycles. The molecule has 1 aliphatic rings. The van der Waals surface area contributed by atoms with Gasteiger partial charge in [0.2, 0.25) is 5.95 Å². The van der Waals surface area contributed by atoms with E-state index in [0.717, 1.165) is 24.2 Å². The zero-order chi connectivity index (χ0) is 20.6. The number of anilines is 3. The summed E-state index contributed by atoms with van der Waals surface area (Å²) in [5.74, 6) is 1.79. The van der Waals surface area contributed by atoms with Gasteiger partial charge in [0.05, 0.1) is 6.20 Å². The quantitative estimate of drug-likeness (QED) is 0.537. The van der Waals surface area contributed by atoms with E-state index in [9.17, 15) is 5.26 Å². The number of rotatable bonds is 7. The Labute approximate surface area is 178 Å². The summed E-state index contributed by atoms with van der Waals surface area (Å²) in [6, 6.07) is 20.7. The first-order valence-electron chi connectivity index (χ1n) is 10.7. The Bertz CT molecular complexity index is 1000. The van der Waals surface area contributed by atoms with Crippen molar-refractivity contribution in [2.45, 2.75) is 38.5 Å². The number of nitriles is 1. The van der Waals surface area contributed by atoms with Crippen LogP contribution in [0.3, 0.4) is 0 Å². The third-order valence-electron chi connectivity index (χ3n) is 5.69. The molecular formula is C25H27N5. The Hall–Kier alpha value is -3.39. The second kappa shape index (κ2) is 9.89. The molecule has 152 valence electrons. The molecular weight excluding hydrogens is 370 g/mol. The van der Waals surface area contributed by atoms with Crippen LogP contribution in [-0.4, -0.2) is 16.5 Å². The molecule has 30 heavy (non-hydrogen) atoms. The van der Waals surface area contributed by atoms with Crippen molar-refractivity contribution in [1.82, 2.24) is 9.97 Å². The molecule has 1 aliphatic carbocycles. The first kappa shape index (κ1) is 19.9. The van der Waals surface area contributed by atoms with E-state index in [4.69, 9.17) is 0 Å². The average Bonchev–Trinajstić information content (AvgIpc) is 2.80. The van der Waals surface area contributed by atoms with Gasteiger partial charge in [0, 0.05) is 12.2 Å². The van der Waals surface area contributed by atoms with E-state index in [1.807, 2.05) is 36.4 Å². The normalized spacial score (nSPS) is 14.1. The zero-order valence-corrected chi connectivity index (χ0v) is 17.1. The van der Waals surface area contributed by atoms with E-state index >= 15 is 0 Å². The summed E-state index contributed by atoms with van der Waals surface area (Å²) in [5, 5.41) is 16.3. The van der Waals surface area contributed by atoms with Gasteiger partial charge in [0.15, 0.2) is 5.82 Å². The first-order chi connectivity index (χ1) is 14.8. The number of benzene rings is 2. The fourth-order valence-electron chi connectivity index (χ4n) is 4.01. The summed E-state index contributed by atoms with van der Waals surface area (Å²) in [6.07, 6.45) is 8.90. The summed E-state index contributed by atoms with van der Waals surface area (Å²) in [4.78, 5) is 8.96. The molecule has 1 fully saturated rings. The van der Waals surface area contributed by atoms with Crippen molar-refractivity contribution in [3.63, 3.8) is 0 Å². The molecule has 4 rings (SSSR count). The van der Waals surface area contributed by atoms with Crippen molar-refractivity contribution < 1.29 is 0 Å². The molecule has 0 radical (unpaired) electrons. The minimum absolute atomic E-state index is 0.438. The Balaban J connectivity index is 1.51. The molecule has 0 bridgehead atoms. The Kier molecular flexibility index (Phi) is 6.56. The van der Waals surface area contributed by atoms with Crippen LogP contribution in [0.1, 0.15) is 48.8 Å². The summed E-state index contributed by atoms with van der Waals surface area (Å²) in [7, 11) is 0. The van der Waals surface area contributed by atoms with E-state index in [2.05, 4.69) is 44.9 Å². The smallest absolute Gasteiger partial charge is 0.224 e. The molecule has 5 heteroatoms. The Morgan fingerprint density at radius 2 is 1.73 bits per heavy atom. The molecule has 0 unspecified atom stereocenters. The van der Waals surface area contributed by atoms with Gasteiger partial charge in [-0.25, -0.2) is 4.98 Å². The Morgan fingerprint density at radius 3 is 2.53 bits per heavy atom. The minimum atomic E-state index is 0.438. The number of nitrogens with zero attached hydrogens (tertiary/aromatic N) is 3. The number of hydrogen-bond donors (Lipinski definition) is 2. The van der Waals surface area contributed by atoms with Crippen LogP contribution in [0, 0.1) is 17.2 Å². The predicted molar refractivity (Wildman–Crippen MR) is 121 cm³/mol. The lowest BCUT2D eigenvalue weighted by Gasteiger charge is -2.21. The van der Waals surface area contributed by atoms with E-state index in [0.29, 0.717) is 23.2 Å². The lowest BCUT2D eigenvalue weighted by molar-refractivity contribution is 0.373. The highest BCUT2D eigenvalue weighted by Gasteiger charge is 2.15. The molecule has 5 nitrogen and oxygen atoms in total. The molecule has 0 amide bonds. The molecule has 1 aromatic heterocycles. The molecule has 2 aromatic carbocycles. The largest absolute Gasteiger partial charge is 0.354 e. The molecule has 0 atom stereocenters. The van der Waals surface area contributed by atoms with Crippen molar-refractivity contribution in [3.05, 3.63) is 77.5 Å². The minimum Gasteiger partial charge on any atom is -0.354 e. The van der Waals surface area contributed by atoms with Gasteiger partial charge in [-0.3, -0.25) is 0 Å². The van der Waals surface area contributed by atoms with Crippen molar-refractivity contribution in [1.29, 1.82) is 5.26 Å². The van der Waals surface area contributed by atoms with E-state index in [-0.39, 0.29) is 0 Å². The second-order valence-corrected chi connectivity index (χ2v) is 7.90. The summed E-state index contributed by atoms with van der Waals surface area (Å²) < 4.78 is 0. The maximum Gasteiger partial charge on any atom is 0.224 e. The molecule has 0 saturated heterocycles. The maximum atomic E-state index is 9.54. The van der Waals surface area contributed by atoms with Crippen LogP contribution in [0.25, 0.3) is 0 Å². The van der Waals surface area contributed by atoms with Gasteiger partial charge >= 0.3 is 0 Å². The summed E-state index contributed by atoms with van der Waals surface area (Å²) >= 11 is 0. The van der Waals surface area contributed by atoms with Gasteiger partial charge in [-0.15, -0.1) is 0 Å². The number of aromatic nitrogens is 2. The van der Waals surface area contributed by atoms with E-state index < -0.39 is 0 Å². The van der Waals surface area contributed by atoms with Crippen molar-refractivity contribution in [2.75, 3.05) is 17.2 Å². The number of hydrogen-bond acceptors (Lipinski definition) is 5. The fourth-order valence-corrected chi connectivity index (χ4v) is 4.01. The predicted octanol–water partition coefficient (Wildman–Crippen LogP) is 5.67. The van der Waals surface area contributed by atoms with E-state index in [1.54, 1.807) is 6.20 Å². The van der Waals surface area contributed by atoms with Crippen LogP contribution in [0.4, 0.5) is 17.5 Å². The van der Waals surface area contributed by atoms with Crippen LogP contribution in [0.2, 0.25) is 0 Å². The molecule has 3 aromatic rings.